The first-order valence-electron chi connectivity index (χ1n) is 9.47. The number of aromatic nitrogens is 1. The number of anilines is 1. The smallest absolute Gasteiger partial charge is 0.300 e. The molecule has 1 aliphatic rings. The second-order valence-electron chi connectivity index (χ2n) is 6.84. The van der Waals surface area contributed by atoms with Crippen molar-refractivity contribution in [2.45, 2.75) is 19.4 Å². The lowest BCUT2D eigenvalue weighted by Gasteiger charge is -2.25. The maximum atomic E-state index is 13.0. The number of rotatable bonds is 4. The number of Topliss-reactive ketones (excluding diaryl/α,β-unsaturated/α-hetero) is 1. The molecular weight excluding hydrogens is 364 g/mol. The van der Waals surface area contributed by atoms with Crippen LogP contribution in [0.25, 0.3) is 5.76 Å². The molecule has 0 radical (unpaired) electrons. The van der Waals surface area contributed by atoms with E-state index in [2.05, 4.69) is 4.98 Å². The van der Waals surface area contributed by atoms with Crippen molar-refractivity contribution in [3.05, 3.63) is 101 Å². The summed E-state index contributed by atoms with van der Waals surface area (Å²) in [4.78, 5) is 31.5. The summed E-state index contributed by atoms with van der Waals surface area (Å²) in [5.74, 6) is -1.56. The first-order chi connectivity index (χ1) is 14.1. The van der Waals surface area contributed by atoms with Crippen LogP contribution in [0.5, 0.6) is 0 Å². The van der Waals surface area contributed by atoms with Crippen molar-refractivity contribution in [2.24, 2.45) is 0 Å². The highest BCUT2D eigenvalue weighted by atomic mass is 16.3. The molecule has 1 atom stereocenters. The van der Waals surface area contributed by atoms with Crippen molar-refractivity contribution >= 4 is 23.1 Å². The third kappa shape index (κ3) is 3.31. The Morgan fingerprint density at radius 3 is 2.34 bits per heavy atom. The predicted molar refractivity (Wildman–Crippen MR) is 111 cm³/mol. The maximum absolute atomic E-state index is 13.0. The molecule has 5 nitrogen and oxygen atoms in total. The molecule has 5 heteroatoms. The molecule has 1 saturated heterocycles. The van der Waals surface area contributed by atoms with Gasteiger partial charge in [-0.3, -0.25) is 19.5 Å². The lowest BCUT2D eigenvalue weighted by Crippen LogP contribution is -2.29. The van der Waals surface area contributed by atoms with Crippen LogP contribution in [0.4, 0.5) is 5.69 Å². The number of amides is 1. The summed E-state index contributed by atoms with van der Waals surface area (Å²) in [6.45, 7) is 2.04. The summed E-state index contributed by atoms with van der Waals surface area (Å²) >= 11 is 0. The van der Waals surface area contributed by atoms with E-state index < -0.39 is 17.7 Å². The van der Waals surface area contributed by atoms with Crippen LogP contribution >= 0.6 is 0 Å². The minimum atomic E-state index is -0.753. The van der Waals surface area contributed by atoms with Gasteiger partial charge in [-0.2, -0.15) is 0 Å². The molecule has 1 aromatic heterocycles. The number of carbonyl (C=O) groups is 2. The molecule has 0 spiro atoms. The van der Waals surface area contributed by atoms with Gasteiger partial charge in [0.25, 0.3) is 11.7 Å². The second-order valence-corrected chi connectivity index (χ2v) is 6.84. The third-order valence-corrected chi connectivity index (χ3v) is 5.11. The van der Waals surface area contributed by atoms with Gasteiger partial charge in [0.05, 0.1) is 11.6 Å². The topological polar surface area (TPSA) is 70.5 Å². The zero-order valence-electron chi connectivity index (χ0n) is 15.9. The number of aliphatic hydroxyl groups is 1. The highest BCUT2D eigenvalue weighted by Crippen LogP contribution is 2.41. The van der Waals surface area contributed by atoms with Crippen LogP contribution in [0.2, 0.25) is 0 Å². The monoisotopic (exact) mass is 384 g/mol. The number of aliphatic hydroxyl groups excluding tert-OH is 1. The fourth-order valence-electron chi connectivity index (χ4n) is 3.59. The molecule has 1 fully saturated rings. The molecule has 144 valence electrons. The van der Waals surface area contributed by atoms with Crippen molar-refractivity contribution in [1.82, 2.24) is 4.98 Å². The SMILES string of the molecule is CCc1ccc(/C(O)=C2/C(=O)C(=O)N(c3ccccc3)C2c2cccnc2)cc1. The molecule has 4 rings (SSSR count). The van der Waals surface area contributed by atoms with Gasteiger partial charge >= 0.3 is 0 Å². The van der Waals surface area contributed by atoms with Gasteiger partial charge in [0.1, 0.15) is 5.76 Å². The van der Waals surface area contributed by atoms with Gasteiger partial charge in [-0.05, 0) is 35.7 Å². The number of carbonyl (C=O) groups excluding carboxylic acids is 2. The number of nitrogens with zero attached hydrogens (tertiary/aromatic N) is 2. The fourth-order valence-corrected chi connectivity index (χ4v) is 3.59. The Bertz CT molecular complexity index is 1070. The van der Waals surface area contributed by atoms with E-state index in [-0.39, 0.29) is 11.3 Å². The quantitative estimate of drug-likeness (QED) is 0.414. The van der Waals surface area contributed by atoms with E-state index in [4.69, 9.17) is 0 Å². The van der Waals surface area contributed by atoms with Crippen LogP contribution in [-0.2, 0) is 16.0 Å². The molecule has 29 heavy (non-hydrogen) atoms. The number of para-hydroxylation sites is 1. The van der Waals surface area contributed by atoms with Crippen molar-refractivity contribution in [1.29, 1.82) is 0 Å². The van der Waals surface area contributed by atoms with Crippen LogP contribution in [0.15, 0.2) is 84.7 Å². The largest absolute Gasteiger partial charge is 0.507 e. The predicted octanol–water partition coefficient (Wildman–Crippen LogP) is 4.27. The van der Waals surface area contributed by atoms with Gasteiger partial charge in [-0.25, -0.2) is 0 Å². The van der Waals surface area contributed by atoms with E-state index in [1.54, 1.807) is 60.9 Å². The zero-order valence-corrected chi connectivity index (χ0v) is 15.9. The molecule has 2 heterocycles. The minimum absolute atomic E-state index is 0.0658. The van der Waals surface area contributed by atoms with Gasteiger partial charge in [-0.1, -0.05) is 55.5 Å². The van der Waals surface area contributed by atoms with Crippen molar-refractivity contribution in [3.8, 4) is 0 Å². The minimum Gasteiger partial charge on any atom is -0.507 e. The van der Waals surface area contributed by atoms with Crippen LogP contribution in [0.1, 0.15) is 29.7 Å². The molecule has 1 unspecified atom stereocenters. The Balaban J connectivity index is 1.91. The van der Waals surface area contributed by atoms with E-state index in [1.807, 2.05) is 25.1 Å². The Morgan fingerprint density at radius 2 is 1.72 bits per heavy atom. The standard InChI is InChI=1S/C24H20N2O3/c1-2-16-10-12-17(13-11-16)22(27)20-21(18-7-6-14-25-15-18)26(24(29)23(20)28)19-8-4-3-5-9-19/h3-15,21,27H,2H2,1H3/b22-20-. The van der Waals surface area contributed by atoms with Gasteiger partial charge < -0.3 is 5.11 Å². The second kappa shape index (κ2) is 7.72. The normalized spacial score (nSPS) is 18.2. The molecule has 3 aromatic rings. The lowest BCUT2D eigenvalue weighted by molar-refractivity contribution is -0.132. The van der Waals surface area contributed by atoms with Gasteiger partial charge in [0, 0.05) is 23.6 Å². The molecule has 1 aliphatic heterocycles. The Hall–Kier alpha value is -3.73. The van der Waals surface area contributed by atoms with Crippen molar-refractivity contribution < 1.29 is 14.7 Å². The van der Waals surface area contributed by atoms with E-state index in [0.29, 0.717) is 16.8 Å². The van der Waals surface area contributed by atoms with Crippen LogP contribution in [0.3, 0.4) is 0 Å². The average Bonchev–Trinajstić information content (AvgIpc) is 3.05. The number of hydrogen-bond donors (Lipinski definition) is 1. The molecule has 2 aromatic carbocycles. The number of aryl methyl sites for hydroxylation is 1. The Morgan fingerprint density at radius 1 is 1.00 bits per heavy atom. The summed E-state index contributed by atoms with van der Waals surface area (Å²) < 4.78 is 0. The third-order valence-electron chi connectivity index (χ3n) is 5.11. The molecule has 0 saturated carbocycles. The highest BCUT2D eigenvalue weighted by molar-refractivity contribution is 6.51. The van der Waals surface area contributed by atoms with E-state index >= 15 is 0 Å². The highest BCUT2D eigenvalue weighted by Gasteiger charge is 2.47. The average molecular weight is 384 g/mol. The first kappa shape index (κ1) is 18.6. The molecule has 1 N–H and O–H groups in total. The number of benzene rings is 2. The first-order valence-corrected chi connectivity index (χ1v) is 9.47. The summed E-state index contributed by atoms with van der Waals surface area (Å²) in [5, 5.41) is 11.0. The Labute approximate surface area is 169 Å². The van der Waals surface area contributed by atoms with Gasteiger partial charge in [-0.15, -0.1) is 0 Å². The number of ketones is 1. The summed E-state index contributed by atoms with van der Waals surface area (Å²) in [6, 6.07) is 19.1. The summed E-state index contributed by atoms with van der Waals surface area (Å²) in [5.41, 5.74) is 2.93. The van der Waals surface area contributed by atoms with E-state index in [9.17, 15) is 14.7 Å². The maximum Gasteiger partial charge on any atom is 0.300 e. The molecule has 0 bridgehead atoms. The molecule has 0 aliphatic carbocycles. The number of hydrogen-bond acceptors (Lipinski definition) is 4. The Kier molecular flexibility index (Phi) is 4.96. The van der Waals surface area contributed by atoms with Crippen molar-refractivity contribution in [3.63, 3.8) is 0 Å². The fraction of sp³-hybridized carbons (Fsp3) is 0.125. The van der Waals surface area contributed by atoms with E-state index in [0.717, 1.165) is 12.0 Å². The lowest BCUT2D eigenvalue weighted by atomic mass is 9.95. The van der Waals surface area contributed by atoms with Crippen molar-refractivity contribution in [2.75, 3.05) is 4.90 Å². The van der Waals surface area contributed by atoms with Gasteiger partial charge in [0.2, 0.25) is 0 Å². The van der Waals surface area contributed by atoms with Crippen LogP contribution in [0, 0.1) is 0 Å². The van der Waals surface area contributed by atoms with Crippen LogP contribution < -0.4 is 4.90 Å². The van der Waals surface area contributed by atoms with Gasteiger partial charge in [0.15, 0.2) is 0 Å². The summed E-state index contributed by atoms with van der Waals surface area (Å²) in [6.07, 6.45) is 4.11. The number of pyridine rings is 1. The van der Waals surface area contributed by atoms with Crippen LogP contribution in [-0.4, -0.2) is 21.8 Å². The summed E-state index contributed by atoms with van der Waals surface area (Å²) in [7, 11) is 0. The zero-order chi connectivity index (χ0) is 20.4. The molecule has 1 amide bonds. The molecular formula is C24H20N2O3. The van der Waals surface area contributed by atoms with E-state index in [1.165, 1.54) is 4.90 Å².